The highest BCUT2D eigenvalue weighted by Crippen LogP contribution is 2.24. The molecular formula is C21H24N4O4. The van der Waals surface area contributed by atoms with Crippen molar-refractivity contribution in [2.75, 3.05) is 39.3 Å². The van der Waals surface area contributed by atoms with E-state index >= 15 is 0 Å². The number of ether oxygens (including phenoxy) is 1. The summed E-state index contributed by atoms with van der Waals surface area (Å²) in [5.41, 5.74) is 1.04. The molecule has 0 saturated carbocycles. The quantitative estimate of drug-likeness (QED) is 0.664. The Morgan fingerprint density at radius 1 is 1.17 bits per heavy atom. The van der Waals surface area contributed by atoms with Gasteiger partial charge in [-0.15, -0.1) is 0 Å². The first-order valence-electron chi connectivity index (χ1n) is 10.2. The van der Waals surface area contributed by atoms with Gasteiger partial charge in [-0.2, -0.15) is 0 Å². The molecular weight excluding hydrogens is 372 g/mol. The minimum absolute atomic E-state index is 0.0233. The average molecular weight is 396 g/mol. The number of piperazine rings is 1. The van der Waals surface area contributed by atoms with Gasteiger partial charge in [-0.1, -0.05) is 12.1 Å². The van der Waals surface area contributed by atoms with Crippen molar-refractivity contribution in [1.29, 1.82) is 0 Å². The molecule has 4 heterocycles. The van der Waals surface area contributed by atoms with Gasteiger partial charge in [0.05, 0.1) is 12.4 Å². The second-order valence-corrected chi connectivity index (χ2v) is 7.77. The number of furan rings is 1. The van der Waals surface area contributed by atoms with Crippen LogP contribution in [0.1, 0.15) is 12.8 Å². The molecule has 3 aromatic rings. The van der Waals surface area contributed by atoms with E-state index in [2.05, 4.69) is 9.88 Å². The molecule has 0 N–H and O–H groups in total. The molecule has 29 heavy (non-hydrogen) atoms. The van der Waals surface area contributed by atoms with Crippen LogP contribution in [0.2, 0.25) is 0 Å². The molecule has 0 radical (unpaired) electrons. The van der Waals surface area contributed by atoms with E-state index in [0.29, 0.717) is 30.3 Å². The first kappa shape index (κ1) is 18.3. The lowest BCUT2D eigenvalue weighted by Gasteiger charge is -2.35. The molecule has 2 aliphatic heterocycles. The highest BCUT2D eigenvalue weighted by molar-refractivity contribution is 6.01. The summed E-state index contributed by atoms with van der Waals surface area (Å²) in [4.78, 5) is 34.1. The van der Waals surface area contributed by atoms with Gasteiger partial charge in [0, 0.05) is 44.7 Å². The number of rotatable bonds is 4. The van der Waals surface area contributed by atoms with Gasteiger partial charge in [0.15, 0.2) is 0 Å². The lowest BCUT2D eigenvalue weighted by atomic mass is 10.2. The summed E-state index contributed by atoms with van der Waals surface area (Å²) in [6.07, 6.45) is 4.04. The van der Waals surface area contributed by atoms with Crippen molar-refractivity contribution in [3.05, 3.63) is 40.9 Å². The van der Waals surface area contributed by atoms with Gasteiger partial charge >= 0.3 is 0 Å². The minimum Gasteiger partial charge on any atom is -0.448 e. The van der Waals surface area contributed by atoms with Gasteiger partial charge in [-0.25, -0.2) is 4.98 Å². The maximum atomic E-state index is 12.8. The molecule has 0 spiro atoms. The fraction of sp³-hybridized carbons (Fsp3) is 0.476. The summed E-state index contributed by atoms with van der Waals surface area (Å²) < 4.78 is 12.7. The van der Waals surface area contributed by atoms with Crippen molar-refractivity contribution < 1.29 is 13.9 Å². The van der Waals surface area contributed by atoms with E-state index in [0.717, 1.165) is 44.5 Å². The van der Waals surface area contributed by atoms with Crippen LogP contribution in [0.15, 0.2) is 39.8 Å². The molecule has 8 heteroatoms. The molecule has 152 valence electrons. The van der Waals surface area contributed by atoms with Crippen molar-refractivity contribution >= 4 is 28.0 Å². The second-order valence-electron chi connectivity index (χ2n) is 7.77. The summed E-state index contributed by atoms with van der Waals surface area (Å²) in [7, 11) is 0. The van der Waals surface area contributed by atoms with Crippen molar-refractivity contribution in [3.8, 4) is 0 Å². The number of amides is 1. The van der Waals surface area contributed by atoms with E-state index in [1.165, 1.54) is 10.9 Å². The van der Waals surface area contributed by atoms with E-state index < -0.39 is 0 Å². The Labute approximate surface area is 167 Å². The van der Waals surface area contributed by atoms with Gasteiger partial charge < -0.3 is 14.1 Å². The van der Waals surface area contributed by atoms with Crippen molar-refractivity contribution in [2.45, 2.75) is 25.5 Å². The van der Waals surface area contributed by atoms with E-state index in [4.69, 9.17) is 9.15 Å². The van der Waals surface area contributed by atoms with Crippen LogP contribution in [0.25, 0.3) is 22.1 Å². The molecule has 0 bridgehead atoms. The number of benzene rings is 1. The number of carbonyl (C=O) groups excluding carboxylic acids is 1. The monoisotopic (exact) mass is 396 g/mol. The Morgan fingerprint density at radius 2 is 2.00 bits per heavy atom. The third kappa shape index (κ3) is 3.54. The summed E-state index contributed by atoms with van der Waals surface area (Å²) in [5, 5.41) is 0.806. The predicted molar refractivity (Wildman–Crippen MR) is 108 cm³/mol. The van der Waals surface area contributed by atoms with Crippen LogP contribution >= 0.6 is 0 Å². The molecule has 2 fully saturated rings. The Balaban J connectivity index is 1.26. The first-order chi connectivity index (χ1) is 14.2. The Bertz CT molecular complexity index is 1090. The molecule has 2 aliphatic rings. The topological polar surface area (TPSA) is 80.8 Å². The van der Waals surface area contributed by atoms with Crippen molar-refractivity contribution in [3.63, 3.8) is 0 Å². The van der Waals surface area contributed by atoms with Crippen LogP contribution in [-0.4, -0.2) is 70.7 Å². The number of nitrogens with zero attached hydrogens (tertiary/aromatic N) is 4. The lowest BCUT2D eigenvalue weighted by molar-refractivity contribution is -0.133. The van der Waals surface area contributed by atoms with Gasteiger partial charge in [-0.3, -0.25) is 19.1 Å². The Hall–Kier alpha value is -2.71. The molecule has 1 unspecified atom stereocenters. The number of carbonyl (C=O) groups is 1. The number of hydrogen-bond acceptors (Lipinski definition) is 6. The number of hydrogen-bond donors (Lipinski definition) is 0. The predicted octanol–water partition coefficient (Wildman–Crippen LogP) is 1.47. The number of para-hydroxylation sites is 1. The van der Waals surface area contributed by atoms with Crippen LogP contribution in [-0.2, 0) is 16.1 Å². The van der Waals surface area contributed by atoms with E-state index in [1.807, 2.05) is 29.2 Å². The third-order valence-corrected chi connectivity index (χ3v) is 5.87. The van der Waals surface area contributed by atoms with Crippen LogP contribution in [0.5, 0.6) is 0 Å². The Kier molecular flexibility index (Phi) is 4.81. The first-order valence-corrected chi connectivity index (χ1v) is 10.2. The van der Waals surface area contributed by atoms with Crippen molar-refractivity contribution in [2.24, 2.45) is 0 Å². The van der Waals surface area contributed by atoms with Crippen LogP contribution in [0.4, 0.5) is 0 Å². The normalized spacial score (nSPS) is 20.7. The average Bonchev–Trinajstić information content (AvgIpc) is 3.38. The maximum Gasteiger partial charge on any atom is 0.297 e. The highest BCUT2D eigenvalue weighted by atomic mass is 16.5. The number of aromatic nitrogens is 2. The van der Waals surface area contributed by atoms with E-state index in [-0.39, 0.29) is 23.6 Å². The fourth-order valence-electron chi connectivity index (χ4n) is 4.23. The summed E-state index contributed by atoms with van der Waals surface area (Å²) in [6.45, 7) is 4.78. The number of fused-ring (bicyclic) bond motifs is 3. The molecule has 2 saturated heterocycles. The summed E-state index contributed by atoms with van der Waals surface area (Å²) >= 11 is 0. The smallest absolute Gasteiger partial charge is 0.297 e. The van der Waals surface area contributed by atoms with Gasteiger partial charge in [-0.05, 0) is 25.0 Å². The SMILES string of the molecule is O=C(Cn1cnc2c(oc3ccccc32)c1=O)N1CCN(CC2CCCO2)CC1. The Morgan fingerprint density at radius 3 is 2.79 bits per heavy atom. The van der Waals surface area contributed by atoms with Gasteiger partial charge in [0.25, 0.3) is 5.56 Å². The van der Waals surface area contributed by atoms with Crippen LogP contribution in [0, 0.1) is 0 Å². The third-order valence-electron chi connectivity index (χ3n) is 5.87. The standard InChI is InChI=1S/C21H24N4O4/c26-18(24-9-7-23(8-10-24)12-15-4-3-11-28-15)13-25-14-22-19-16-5-1-2-6-17(16)29-20(19)21(25)27/h1-2,5-6,14-15H,3-4,7-13H2. The van der Waals surface area contributed by atoms with E-state index in [9.17, 15) is 9.59 Å². The van der Waals surface area contributed by atoms with Crippen LogP contribution < -0.4 is 5.56 Å². The van der Waals surface area contributed by atoms with Gasteiger partial charge in [0.1, 0.15) is 17.6 Å². The second kappa shape index (κ2) is 7.61. The molecule has 1 atom stereocenters. The molecule has 1 aromatic carbocycles. The summed E-state index contributed by atoms with van der Waals surface area (Å²) in [6, 6.07) is 7.42. The molecule has 0 aliphatic carbocycles. The highest BCUT2D eigenvalue weighted by Gasteiger charge is 2.25. The van der Waals surface area contributed by atoms with E-state index in [1.54, 1.807) is 0 Å². The molecule has 2 aromatic heterocycles. The zero-order valence-corrected chi connectivity index (χ0v) is 16.2. The minimum atomic E-state index is -0.323. The van der Waals surface area contributed by atoms with Crippen LogP contribution in [0.3, 0.4) is 0 Å². The maximum absolute atomic E-state index is 12.8. The van der Waals surface area contributed by atoms with Gasteiger partial charge in [0.2, 0.25) is 11.5 Å². The van der Waals surface area contributed by atoms with Crippen molar-refractivity contribution in [1.82, 2.24) is 19.4 Å². The fourth-order valence-corrected chi connectivity index (χ4v) is 4.23. The largest absolute Gasteiger partial charge is 0.448 e. The molecule has 8 nitrogen and oxygen atoms in total. The lowest BCUT2D eigenvalue weighted by Crippen LogP contribution is -2.51. The molecule has 1 amide bonds. The summed E-state index contributed by atoms with van der Waals surface area (Å²) in [5.74, 6) is -0.0684. The zero-order valence-electron chi connectivity index (χ0n) is 16.2. The zero-order chi connectivity index (χ0) is 19.8. The molecule has 5 rings (SSSR count).